The van der Waals surface area contributed by atoms with Gasteiger partial charge in [-0.1, -0.05) is 70.4 Å². The van der Waals surface area contributed by atoms with Gasteiger partial charge in [0.05, 0.1) is 0 Å². The molecular weight excluding hydrogens is 310 g/mol. The molecule has 0 saturated heterocycles. The van der Waals surface area contributed by atoms with Gasteiger partial charge in [0.1, 0.15) is 0 Å². The topological polar surface area (TPSA) is 49.3 Å². The molecule has 0 spiro atoms. The molecule has 0 aliphatic heterocycles. The van der Waals surface area contributed by atoms with Crippen molar-refractivity contribution in [3.8, 4) is 0 Å². The third-order valence-electron chi connectivity index (χ3n) is 4.57. The van der Waals surface area contributed by atoms with Gasteiger partial charge in [-0.15, -0.1) is 0 Å². The van der Waals surface area contributed by atoms with E-state index in [0.717, 1.165) is 25.7 Å². The number of rotatable bonds is 19. The van der Waals surface area contributed by atoms with Gasteiger partial charge in [-0.2, -0.15) is 0 Å². The molecule has 0 radical (unpaired) electrons. The summed E-state index contributed by atoms with van der Waals surface area (Å²) in [5.74, 6) is 0.163. The number of amides is 1. The molecule has 1 amide bonds. The summed E-state index contributed by atoms with van der Waals surface area (Å²) in [6, 6.07) is 0. The molecule has 25 heavy (non-hydrogen) atoms. The molecule has 0 aromatic rings. The molecule has 0 aromatic carbocycles. The third-order valence-corrected chi connectivity index (χ3v) is 4.57. The van der Waals surface area contributed by atoms with Crippen molar-refractivity contribution in [1.29, 1.82) is 0 Å². The number of hydrogen-bond donors (Lipinski definition) is 2. The fraction of sp³-hybridized carbons (Fsp3) is 0.864. The molecule has 0 fully saturated rings. The van der Waals surface area contributed by atoms with Crippen LogP contribution in [-0.4, -0.2) is 24.2 Å². The highest BCUT2D eigenvalue weighted by Crippen LogP contribution is 2.09. The number of hydrogen-bond acceptors (Lipinski definition) is 2. The summed E-state index contributed by atoms with van der Waals surface area (Å²) in [7, 11) is 0. The van der Waals surface area contributed by atoms with E-state index in [1.807, 2.05) is 0 Å². The molecule has 0 aliphatic rings. The highest BCUT2D eigenvalue weighted by Gasteiger charge is 2.00. The first-order valence-corrected chi connectivity index (χ1v) is 10.8. The van der Waals surface area contributed by atoms with E-state index in [0.29, 0.717) is 13.0 Å². The van der Waals surface area contributed by atoms with Gasteiger partial charge in [0.25, 0.3) is 0 Å². The summed E-state index contributed by atoms with van der Waals surface area (Å²) in [5.41, 5.74) is 0. The monoisotopic (exact) mass is 353 g/mol. The predicted octanol–water partition coefficient (Wildman–Crippen LogP) is 5.91. The zero-order chi connectivity index (χ0) is 18.4. The van der Waals surface area contributed by atoms with Crippen LogP contribution in [0, 0.1) is 0 Å². The minimum Gasteiger partial charge on any atom is -0.396 e. The Bertz CT molecular complexity index is 302. The third kappa shape index (κ3) is 21.1. The Morgan fingerprint density at radius 1 is 0.760 bits per heavy atom. The Morgan fingerprint density at radius 2 is 1.32 bits per heavy atom. The summed E-state index contributed by atoms with van der Waals surface area (Å²) in [4.78, 5) is 11.6. The molecule has 0 aliphatic carbocycles. The zero-order valence-corrected chi connectivity index (χ0v) is 16.7. The van der Waals surface area contributed by atoms with E-state index in [2.05, 4.69) is 24.4 Å². The normalized spacial score (nSPS) is 11.3. The van der Waals surface area contributed by atoms with E-state index in [-0.39, 0.29) is 12.5 Å². The molecular formula is C22H43NO2. The van der Waals surface area contributed by atoms with Gasteiger partial charge < -0.3 is 10.4 Å². The van der Waals surface area contributed by atoms with Crippen molar-refractivity contribution in [2.24, 2.45) is 0 Å². The number of nitrogens with one attached hydrogen (secondary N) is 1. The molecule has 0 unspecified atom stereocenters. The molecule has 0 rings (SSSR count). The number of unbranched alkanes of at least 4 members (excludes halogenated alkanes) is 12. The first-order chi connectivity index (χ1) is 12.3. The lowest BCUT2D eigenvalue weighted by Gasteiger charge is -2.04. The van der Waals surface area contributed by atoms with E-state index in [1.54, 1.807) is 0 Å². The van der Waals surface area contributed by atoms with Crippen molar-refractivity contribution in [3.05, 3.63) is 12.2 Å². The first-order valence-electron chi connectivity index (χ1n) is 10.8. The second-order valence-corrected chi connectivity index (χ2v) is 7.11. The smallest absolute Gasteiger partial charge is 0.219 e. The van der Waals surface area contributed by atoms with Gasteiger partial charge in [-0.25, -0.2) is 0 Å². The van der Waals surface area contributed by atoms with Crippen molar-refractivity contribution in [2.75, 3.05) is 13.2 Å². The van der Waals surface area contributed by atoms with E-state index in [9.17, 15) is 4.79 Å². The molecule has 0 saturated carbocycles. The van der Waals surface area contributed by atoms with Gasteiger partial charge in [-0.05, 0) is 44.9 Å². The number of allylic oxidation sites excluding steroid dienone is 2. The van der Waals surface area contributed by atoms with Crippen LogP contribution in [0.25, 0.3) is 0 Å². The van der Waals surface area contributed by atoms with Crippen LogP contribution >= 0.6 is 0 Å². The fourth-order valence-electron chi connectivity index (χ4n) is 2.91. The van der Waals surface area contributed by atoms with Crippen LogP contribution in [-0.2, 0) is 4.79 Å². The predicted molar refractivity (Wildman–Crippen MR) is 109 cm³/mol. The van der Waals surface area contributed by atoms with Crippen molar-refractivity contribution >= 4 is 5.91 Å². The van der Waals surface area contributed by atoms with Crippen LogP contribution in [0.4, 0.5) is 0 Å². The Kier molecular flexibility index (Phi) is 20.5. The minimum absolute atomic E-state index is 0.163. The molecule has 0 aromatic heterocycles. The Hall–Kier alpha value is -0.830. The molecule has 0 atom stereocenters. The SMILES string of the molecule is CCCCCCCCC=CCCCCCCCC(=O)NCCCCO. The lowest BCUT2D eigenvalue weighted by molar-refractivity contribution is -0.121. The second kappa shape index (κ2) is 21.2. The maximum atomic E-state index is 11.6. The summed E-state index contributed by atoms with van der Waals surface area (Å²) in [6.45, 7) is 3.18. The zero-order valence-electron chi connectivity index (χ0n) is 16.7. The molecule has 2 N–H and O–H groups in total. The summed E-state index contributed by atoms with van der Waals surface area (Å²) in [6.07, 6.45) is 23.7. The standard InChI is InChI=1S/C22H43NO2/c1-2-3-4-5-6-7-8-9-10-11-12-13-14-15-16-19-22(25)23-20-17-18-21-24/h9-10,24H,2-8,11-21H2,1H3,(H,23,25). The van der Waals surface area contributed by atoms with Gasteiger partial charge in [0, 0.05) is 19.6 Å². The Balaban J connectivity index is 3.17. The number of aliphatic hydroxyl groups is 1. The van der Waals surface area contributed by atoms with Gasteiger partial charge in [0.15, 0.2) is 0 Å². The van der Waals surface area contributed by atoms with Crippen LogP contribution in [0.1, 0.15) is 110 Å². The maximum absolute atomic E-state index is 11.6. The molecule has 148 valence electrons. The molecule has 3 heteroatoms. The van der Waals surface area contributed by atoms with Crippen molar-refractivity contribution in [3.63, 3.8) is 0 Å². The Morgan fingerprint density at radius 3 is 1.92 bits per heavy atom. The maximum Gasteiger partial charge on any atom is 0.219 e. The Labute approximate surface area is 156 Å². The average Bonchev–Trinajstić information content (AvgIpc) is 2.62. The van der Waals surface area contributed by atoms with Crippen molar-refractivity contribution < 1.29 is 9.90 Å². The van der Waals surface area contributed by atoms with Gasteiger partial charge in [0.2, 0.25) is 5.91 Å². The summed E-state index contributed by atoms with van der Waals surface area (Å²) < 4.78 is 0. The van der Waals surface area contributed by atoms with Crippen LogP contribution < -0.4 is 5.32 Å². The van der Waals surface area contributed by atoms with Crippen LogP contribution in [0.2, 0.25) is 0 Å². The largest absolute Gasteiger partial charge is 0.396 e. The molecule has 0 bridgehead atoms. The van der Waals surface area contributed by atoms with Crippen LogP contribution in [0.15, 0.2) is 12.2 Å². The van der Waals surface area contributed by atoms with Crippen LogP contribution in [0.5, 0.6) is 0 Å². The highest BCUT2D eigenvalue weighted by molar-refractivity contribution is 5.75. The number of aliphatic hydroxyl groups excluding tert-OH is 1. The lowest BCUT2D eigenvalue weighted by Crippen LogP contribution is -2.24. The van der Waals surface area contributed by atoms with E-state index in [4.69, 9.17) is 5.11 Å². The van der Waals surface area contributed by atoms with Crippen molar-refractivity contribution in [1.82, 2.24) is 5.32 Å². The fourth-order valence-corrected chi connectivity index (χ4v) is 2.91. The summed E-state index contributed by atoms with van der Waals surface area (Å²) >= 11 is 0. The van der Waals surface area contributed by atoms with E-state index in [1.165, 1.54) is 70.6 Å². The lowest BCUT2D eigenvalue weighted by atomic mass is 10.1. The first kappa shape index (κ1) is 24.2. The van der Waals surface area contributed by atoms with Gasteiger partial charge >= 0.3 is 0 Å². The average molecular weight is 354 g/mol. The number of carbonyl (C=O) groups excluding carboxylic acids is 1. The molecule has 0 heterocycles. The van der Waals surface area contributed by atoms with E-state index >= 15 is 0 Å². The van der Waals surface area contributed by atoms with Gasteiger partial charge in [-0.3, -0.25) is 4.79 Å². The van der Waals surface area contributed by atoms with Crippen molar-refractivity contribution in [2.45, 2.75) is 110 Å². The highest BCUT2D eigenvalue weighted by atomic mass is 16.2. The summed E-state index contributed by atoms with van der Waals surface area (Å²) in [5, 5.41) is 11.6. The minimum atomic E-state index is 0.163. The number of carbonyl (C=O) groups is 1. The molecule has 3 nitrogen and oxygen atoms in total. The van der Waals surface area contributed by atoms with E-state index < -0.39 is 0 Å². The van der Waals surface area contributed by atoms with Crippen LogP contribution in [0.3, 0.4) is 0 Å². The second-order valence-electron chi connectivity index (χ2n) is 7.11. The quantitative estimate of drug-likeness (QED) is 0.224.